The third-order valence-corrected chi connectivity index (χ3v) is 15.7. The average Bonchev–Trinajstić information content (AvgIpc) is 4.18. The lowest BCUT2D eigenvalue weighted by atomic mass is 9.96. The number of hydrogen-bond acceptors (Lipinski definition) is 18. The number of carbonyl (C=O) groups is 1. The molecule has 4 fully saturated rings. The Bertz CT molecular complexity index is 2890. The summed E-state index contributed by atoms with van der Waals surface area (Å²) >= 11 is 0. The molecule has 6 aromatic carbocycles. The van der Waals surface area contributed by atoms with E-state index in [4.69, 9.17) is 56.8 Å². The molecular weight excluding hydrogens is 1090 g/mol. The second-order valence-corrected chi connectivity index (χ2v) is 21.8. The fourth-order valence-corrected chi connectivity index (χ4v) is 11.0. The highest BCUT2D eigenvalue weighted by molar-refractivity contribution is 5.69. The van der Waals surface area contributed by atoms with Gasteiger partial charge >= 0.3 is 6.09 Å². The van der Waals surface area contributed by atoms with Gasteiger partial charge in [-0.05, 0) is 47.2 Å². The molecule has 0 unspecified atom stereocenters. The second kappa shape index (κ2) is 30.5. The van der Waals surface area contributed by atoms with Crippen molar-refractivity contribution in [3.05, 3.63) is 215 Å². The average molecular weight is 1170 g/mol. The molecule has 4 saturated heterocycles. The fourth-order valence-electron chi connectivity index (χ4n) is 11.0. The smallest absolute Gasteiger partial charge is 0.410 e. The maximum Gasteiger partial charge on any atom is 0.410 e. The molecule has 19 heteroatoms. The van der Waals surface area contributed by atoms with Gasteiger partial charge in [-0.3, -0.25) is 4.90 Å². The normalized spacial score (nSPS) is 31.4. The first-order valence-corrected chi connectivity index (χ1v) is 29.0. The van der Waals surface area contributed by atoms with E-state index in [0.717, 1.165) is 33.4 Å². The van der Waals surface area contributed by atoms with E-state index in [0.29, 0.717) is 0 Å². The van der Waals surface area contributed by atoms with Crippen LogP contribution in [0.15, 0.2) is 182 Å². The summed E-state index contributed by atoms with van der Waals surface area (Å²) in [6.45, 7) is 3.65. The van der Waals surface area contributed by atoms with Crippen molar-refractivity contribution in [2.24, 2.45) is 0 Å². The molecule has 4 aliphatic heterocycles. The van der Waals surface area contributed by atoms with Gasteiger partial charge in [-0.2, -0.15) is 0 Å². The van der Waals surface area contributed by atoms with Gasteiger partial charge in [-0.15, -0.1) is 0 Å². The van der Waals surface area contributed by atoms with E-state index in [9.17, 15) is 30.3 Å². The minimum absolute atomic E-state index is 0.00768. The standard InChI is InChI=1S/C66H77NO18/c1-42-53(68)54(69)56(71)63(80-42)83-58-43(2)81-64(57(72)55(58)70)85-60-52(41-75-35-45-23-11-4-12-24-45)82-65(62(78-38-48-29-17-7-18-30-48)61(60)77-37-47-27-15-6-16-28-47)84-59-50(40-74-34-44-21-9-3-10-22-44)67(66(73)79-39-49-31-19-8-20-32-49)33-51(59)76-36-46-25-13-5-14-26-46/h3-32,42-43,50-65,68-72H,33-41H2,1-2H3/t42-,43-,50-,51-,52-,53-,54+,55-,56-,57-,58-,59-,60-,61+,62-,63+,64+,65-/m1/s1. The van der Waals surface area contributed by atoms with Gasteiger partial charge in [0, 0.05) is 0 Å². The Morgan fingerprint density at radius 2 is 0.824 bits per heavy atom. The van der Waals surface area contributed by atoms with Crippen LogP contribution in [0.2, 0.25) is 0 Å². The molecule has 19 nitrogen and oxygen atoms in total. The van der Waals surface area contributed by atoms with Crippen LogP contribution in [0.25, 0.3) is 0 Å². The largest absolute Gasteiger partial charge is 0.445 e. The van der Waals surface area contributed by atoms with Gasteiger partial charge in [0.05, 0.1) is 71.0 Å². The van der Waals surface area contributed by atoms with E-state index < -0.39 is 116 Å². The van der Waals surface area contributed by atoms with Crippen LogP contribution in [0.3, 0.4) is 0 Å². The van der Waals surface area contributed by atoms with Crippen molar-refractivity contribution in [2.45, 2.75) is 164 Å². The van der Waals surface area contributed by atoms with Gasteiger partial charge in [-0.1, -0.05) is 182 Å². The lowest BCUT2D eigenvalue weighted by molar-refractivity contribution is -0.383. The summed E-state index contributed by atoms with van der Waals surface area (Å²) < 4.78 is 79.6. The van der Waals surface area contributed by atoms with Crippen LogP contribution in [-0.4, -0.2) is 167 Å². The van der Waals surface area contributed by atoms with Crippen LogP contribution in [0.1, 0.15) is 47.2 Å². The maximum atomic E-state index is 14.6. The molecule has 0 spiro atoms. The highest BCUT2D eigenvalue weighted by atomic mass is 16.8. The molecule has 0 aliphatic carbocycles. The first kappa shape index (κ1) is 62.0. The minimum Gasteiger partial charge on any atom is -0.445 e. The molecule has 6 aromatic rings. The summed E-state index contributed by atoms with van der Waals surface area (Å²) in [4.78, 5) is 16.2. The molecular formula is C66H77NO18. The number of likely N-dealkylation sites (tertiary alicyclic amines) is 1. The van der Waals surface area contributed by atoms with Gasteiger partial charge in [0.25, 0.3) is 0 Å². The zero-order valence-corrected chi connectivity index (χ0v) is 47.6. The lowest BCUT2D eigenvalue weighted by Crippen LogP contribution is -2.66. The molecule has 18 atom stereocenters. The number of hydrogen-bond donors (Lipinski definition) is 5. The molecule has 5 N–H and O–H groups in total. The highest BCUT2D eigenvalue weighted by Gasteiger charge is 2.56. The van der Waals surface area contributed by atoms with Gasteiger partial charge in [0.15, 0.2) is 18.9 Å². The molecule has 4 aliphatic rings. The van der Waals surface area contributed by atoms with E-state index in [1.807, 2.05) is 182 Å². The zero-order chi connectivity index (χ0) is 59.1. The summed E-state index contributed by atoms with van der Waals surface area (Å²) in [5, 5.41) is 55.8. The Morgan fingerprint density at radius 3 is 1.34 bits per heavy atom. The molecule has 0 aromatic heterocycles. The monoisotopic (exact) mass is 1170 g/mol. The van der Waals surface area contributed by atoms with Crippen LogP contribution in [-0.2, 0) is 96.5 Å². The first-order chi connectivity index (χ1) is 41.5. The van der Waals surface area contributed by atoms with Crippen molar-refractivity contribution in [3.8, 4) is 0 Å². The number of nitrogens with zero attached hydrogens (tertiary/aromatic N) is 1. The SMILES string of the molecule is C[C@H]1O[C@@H](O[C@H]2[C@H](O)[C@@H](O)[C@H](O[C@H]3[C@H](OCc4ccccc4)[C@@H](OCc4ccccc4)[C@@H](O[C@@H]4[C@@H](COCc5ccccc5)N(C(=O)OCc5ccccc5)C[C@H]4OCc4ccccc4)O[C@@H]3COCc3ccccc3)O[C@@H]2C)[C@H](O)[C@@H](O)[C@@H]1O. The topological polar surface area (TPSA) is 232 Å². The quantitative estimate of drug-likeness (QED) is 0.0419. The molecule has 85 heavy (non-hydrogen) atoms. The van der Waals surface area contributed by atoms with Crippen LogP contribution < -0.4 is 0 Å². The van der Waals surface area contributed by atoms with Crippen molar-refractivity contribution in [3.63, 3.8) is 0 Å². The number of aliphatic hydroxyl groups is 5. The minimum atomic E-state index is -1.79. The number of carbonyl (C=O) groups excluding carboxylic acids is 1. The Hall–Kier alpha value is -6.05. The second-order valence-electron chi connectivity index (χ2n) is 21.8. The van der Waals surface area contributed by atoms with Crippen molar-refractivity contribution in [1.82, 2.24) is 4.90 Å². The molecule has 10 rings (SSSR count). The number of benzene rings is 6. The van der Waals surface area contributed by atoms with E-state index in [1.54, 1.807) is 11.8 Å². The van der Waals surface area contributed by atoms with Crippen molar-refractivity contribution < 1.29 is 87.2 Å². The van der Waals surface area contributed by atoms with E-state index >= 15 is 0 Å². The molecule has 0 bridgehead atoms. The third kappa shape index (κ3) is 16.3. The lowest BCUT2D eigenvalue weighted by Gasteiger charge is -2.49. The van der Waals surface area contributed by atoms with Gasteiger partial charge in [0.1, 0.15) is 79.9 Å². The predicted molar refractivity (Wildman–Crippen MR) is 306 cm³/mol. The Morgan fingerprint density at radius 1 is 0.412 bits per heavy atom. The van der Waals surface area contributed by atoms with Crippen LogP contribution in [0, 0.1) is 0 Å². The van der Waals surface area contributed by atoms with Crippen molar-refractivity contribution in [2.75, 3.05) is 19.8 Å². The fraction of sp³-hybridized carbons (Fsp3) is 0.439. The number of aliphatic hydroxyl groups excluding tert-OH is 5. The first-order valence-electron chi connectivity index (χ1n) is 29.0. The Labute approximate surface area is 495 Å². The van der Waals surface area contributed by atoms with Gasteiger partial charge < -0.3 is 82.4 Å². The summed E-state index contributed by atoms with van der Waals surface area (Å²) in [5.74, 6) is 0. The third-order valence-electron chi connectivity index (χ3n) is 15.7. The van der Waals surface area contributed by atoms with Crippen molar-refractivity contribution >= 4 is 6.09 Å². The summed E-state index contributed by atoms with van der Waals surface area (Å²) in [7, 11) is 0. The van der Waals surface area contributed by atoms with Crippen LogP contribution >= 0.6 is 0 Å². The van der Waals surface area contributed by atoms with E-state index in [-0.39, 0.29) is 59.4 Å². The Kier molecular flexibility index (Phi) is 22.3. The molecule has 0 saturated carbocycles. The van der Waals surface area contributed by atoms with E-state index in [2.05, 4.69) is 0 Å². The Balaban J connectivity index is 1.01. The summed E-state index contributed by atoms with van der Waals surface area (Å²) in [6, 6.07) is 56.7. The van der Waals surface area contributed by atoms with Crippen molar-refractivity contribution in [1.29, 1.82) is 0 Å². The summed E-state index contributed by atoms with van der Waals surface area (Å²) in [5.41, 5.74) is 5.12. The molecule has 1 amide bonds. The zero-order valence-electron chi connectivity index (χ0n) is 47.6. The number of amides is 1. The van der Waals surface area contributed by atoms with Crippen LogP contribution in [0.4, 0.5) is 4.79 Å². The highest BCUT2D eigenvalue weighted by Crippen LogP contribution is 2.38. The van der Waals surface area contributed by atoms with Gasteiger partial charge in [0.2, 0.25) is 0 Å². The number of rotatable bonds is 25. The predicted octanol–water partition coefficient (Wildman–Crippen LogP) is 6.37. The maximum absolute atomic E-state index is 14.6. The van der Waals surface area contributed by atoms with Crippen LogP contribution in [0.5, 0.6) is 0 Å². The molecule has 454 valence electrons. The number of ether oxygens (including phenoxy) is 12. The molecule has 4 heterocycles. The van der Waals surface area contributed by atoms with E-state index in [1.165, 1.54) is 6.92 Å². The molecule has 0 radical (unpaired) electrons. The van der Waals surface area contributed by atoms with Gasteiger partial charge in [-0.25, -0.2) is 4.79 Å². The summed E-state index contributed by atoms with van der Waals surface area (Å²) in [6.07, 6.45) is -22.8.